The van der Waals surface area contributed by atoms with Gasteiger partial charge in [0.1, 0.15) is 5.76 Å². The van der Waals surface area contributed by atoms with Gasteiger partial charge < -0.3 is 9.52 Å². The molecule has 2 aromatic rings. The second-order valence-corrected chi connectivity index (χ2v) is 5.39. The van der Waals surface area contributed by atoms with Crippen LogP contribution in [-0.2, 0) is 11.9 Å². The minimum Gasteiger partial charge on any atom is -0.475 e. The van der Waals surface area contributed by atoms with Crippen molar-refractivity contribution >= 4 is 17.7 Å². The van der Waals surface area contributed by atoms with Crippen LogP contribution in [0.25, 0.3) is 0 Å². The molecule has 0 unspecified atom stereocenters. The molecular formula is C14H11F3O3S. The molecule has 0 atom stereocenters. The zero-order chi connectivity index (χ0) is 15.6. The number of alkyl halides is 3. The van der Waals surface area contributed by atoms with Gasteiger partial charge in [0.25, 0.3) is 0 Å². The molecular weight excluding hydrogens is 305 g/mol. The van der Waals surface area contributed by atoms with Gasteiger partial charge >= 0.3 is 12.1 Å². The van der Waals surface area contributed by atoms with E-state index in [0.717, 1.165) is 23.9 Å². The average Bonchev–Trinajstić information content (AvgIpc) is 2.77. The Hall–Kier alpha value is -1.89. The number of benzene rings is 1. The first kappa shape index (κ1) is 15.5. The SMILES string of the molecule is Cc1cc(CSc2cccc(C(F)(F)F)c2)oc1C(=O)O. The summed E-state index contributed by atoms with van der Waals surface area (Å²) in [6.45, 7) is 1.60. The van der Waals surface area contributed by atoms with Crippen LogP contribution in [0.3, 0.4) is 0 Å². The summed E-state index contributed by atoms with van der Waals surface area (Å²) >= 11 is 1.15. The van der Waals surface area contributed by atoms with E-state index >= 15 is 0 Å². The zero-order valence-corrected chi connectivity index (χ0v) is 11.7. The number of halogens is 3. The number of rotatable bonds is 4. The quantitative estimate of drug-likeness (QED) is 0.838. The summed E-state index contributed by atoms with van der Waals surface area (Å²) in [4.78, 5) is 11.3. The highest BCUT2D eigenvalue weighted by Crippen LogP contribution is 2.33. The molecule has 0 aliphatic rings. The lowest BCUT2D eigenvalue weighted by atomic mass is 10.2. The van der Waals surface area contributed by atoms with Crippen LogP contribution in [0.4, 0.5) is 13.2 Å². The topological polar surface area (TPSA) is 50.4 Å². The maximum atomic E-state index is 12.6. The van der Waals surface area contributed by atoms with Gasteiger partial charge in [0, 0.05) is 10.5 Å². The second-order valence-electron chi connectivity index (χ2n) is 4.34. The van der Waals surface area contributed by atoms with Gasteiger partial charge in [-0.1, -0.05) is 6.07 Å². The smallest absolute Gasteiger partial charge is 0.416 e. The van der Waals surface area contributed by atoms with Crippen molar-refractivity contribution in [3.05, 3.63) is 53.0 Å². The summed E-state index contributed by atoms with van der Waals surface area (Å²) in [6.07, 6.45) is -4.38. The number of aromatic carboxylic acids is 1. The predicted molar refractivity (Wildman–Crippen MR) is 71.4 cm³/mol. The number of carbonyl (C=O) groups is 1. The third-order valence-electron chi connectivity index (χ3n) is 2.71. The van der Waals surface area contributed by atoms with Crippen LogP contribution >= 0.6 is 11.8 Å². The molecule has 1 aromatic carbocycles. The van der Waals surface area contributed by atoms with Crippen molar-refractivity contribution in [3.63, 3.8) is 0 Å². The van der Waals surface area contributed by atoms with E-state index < -0.39 is 17.7 Å². The molecule has 1 heterocycles. The Morgan fingerprint density at radius 1 is 1.33 bits per heavy atom. The largest absolute Gasteiger partial charge is 0.475 e. The van der Waals surface area contributed by atoms with Crippen molar-refractivity contribution in [1.29, 1.82) is 0 Å². The third kappa shape index (κ3) is 3.81. The van der Waals surface area contributed by atoms with Gasteiger partial charge in [0.05, 0.1) is 11.3 Å². The van der Waals surface area contributed by atoms with Crippen LogP contribution in [0.5, 0.6) is 0 Å². The van der Waals surface area contributed by atoms with Gasteiger partial charge in [-0.15, -0.1) is 11.8 Å². The van der Waals surface area contributed by atoms with Crippen LogP contribution in [-0.4, -0.2) is 11.1 Å². The first-order valence-corrected chi connectivity index (χ1v) is 6.88. The minimum absolute atomic E-state index is 0.144. The van der Waals surface area contributed by atoms with E-state index in [1.807, 2.05) is 0 Å². The maximum absolute atomic E-state index is 12.6. The van der Waals surface area contributed by atoms with E-state index in [-0.39, 0.29) is 11.5 Å². The summed E-state index contributed by atoms with van der Waals surface area (Å²) in [5.41, 5.74) is -0.225. The average molecular weight is 316 g/mol. The van der Waals surface area contributed by atoms with Gasteiger partial charge in [0.2, 0.25) is 5.76 Å². The number of hydrogen-bond donors (Lipinski definition) is 1. The third-order valence-corrected chi connectivity index (χ3v) is 3.72. The molecule has 0 spiro atoms. The Labute approximate surface area is 122 Å². The van der Waals surface area contributed by atoms with Crippen molar-refractivity contribution in [3.8, 4) is 0 Å². The highest BCUT2D eigenvalue weighted by atomic mass is 32.2. The van der Waals surface area contributed by atoms with Crippen LogP contribution in [0.1, 0.15) is 27.4 Å². The first-order chi connectivity index (χ1) is 9.77. The Morgan fingerprint density at radius 2 is 2.05 bits per heavy atom. The highest BCUT2D eigenvalue weighted by Gasteiger charge is 2.30. The van der Waals surface area contributed by atoms with Crippen LogP contribution in [0, 0.1) is 6.92 Å². The molecule has 21 heavy (non-hydrogen) atoms. The molecule has 7 heteroatoms. The summed E-state index contributed by atoms with van der Waals surface area (Å²) in [7, 11) is 0. The fourth-order valence-electron chi connectivity index (χ4n) is 1.75. The molecule has 3 nitrogen and oxygen atoms in total. The number of hydrogen-bond acceptors (Lipinski definition) is 3. The van der Waals surface area contributed by atoms with Gasteiger partial charge in [-0.3, -0.25) is 0 Å². The molecule has 0 bridgehead atoms. The summed E-state index contributed by atoms with van der Waals surface area (Å²) < 4.78 is 42.9. The van der Waals surface area contributed by atoms with E-state index in [4.69, 9.17) is 9.52 Å². The molecule has 0 aliphatic heterocycles. The Kier molecular flexibility index (Phi) is 4.32. The van der Waals surface area contributed by atoms with Crippen LogP contribution < -0.4 is 0 Å². The predicted octanol–water partition coefficient (Wildman–Crippen LogP) is 4.60. The van der Waals surface area contributed by atoms with Crippen LogP contribution in [0.15, 0.2) is 39.6 Å². The first-order valence-electron chi connectivity index (χ1n) is 5.90. The zero-order valence-electron chi connectivity index (χ0n) is 10.9. The molecule has 0 amide bonds. The number of aryl methyl sites for hydroxylation is 1. The Morgan fingerprint density at radius 3 is 2.62 bits per heavy atom. The number of furan rings is 1. The number of carboxylic acid groups (broad SMARTS) is 1. The molecule has 0 saturated heterocycles. The Balaban J connectivity index is 2.10. The van der Waals surface area contributed by atoms with Crippen molar-refractivity contribution in [2.45, 2.75) is 23.7 Å². The van der Waals surface area contributed by atoms with Crippen molar-refractivity contribution in [2.24, 2.45) is 0 Å². The van der Waals surface area contributed by atoms with Crippen molar-refractivity contribution in [2.75, 3.05) is 0 Å². The van der Waals surface area contributed by atoms with Gasteiger partial charge in [-0.05, 0) is 31.2 Å². The van der Waals surface area contributed by atoms with Crippen LogP contribution in [0.2, 0.25) is 0 Å². The van der Waals surface area contributed by atoms with E-state index in [2.05, 4.69) is 0 Å². The van der Waals surface area contributed by atoms with E-state index in [0.29, 0.717) is 16.2 Å². The van der Waals surface area contributed by atoms with E-state index in [1.165, 1.54) is 6.07 Å². The lowest BCUT2D eigenvalue weighted by molar-refractivity contribution is -0.137. The fraction of sp³-hybridized carbons (Fsp3) is 0.214. The number of thioether (sulfide) groups is 1. The molecule has 112 valence electrons. The normalized spacial score (nSPS) is 11.6. The van der Waals surface area contributed by atoms with Gasteiger partial charge in [0.15, 0.2) is 0 Å². The van der Waals surface area contributed by atoms with Crippen molar-refractivity contribution in [1.82, 2.24) is 0 Å². The monoisotopic (exact) mass is 316 g/mol. The second kappa shape index (κ2) is 5.85. The lowest BCUT2D eigenvalue weighted by Gasteiger charge is -2.07. The summed E-state index contributed by atoms with van der Waals surface area (Å²) in [5.74, 6) is -0.639. The lowest BCUT2D eigenvalue weighted by Crippen LogP contribution is -2.04. The highest BCUT2D eigenvalue weighted by molar-refractivity contribution is 7.98. The fourth-order valence-corrected chi connectivity index (χ4v) is 2.58. The van der Waals surface area contributed by atoms with Gasteiger partial charge in [-0.2, -0.15) is 13.2 Å². The Bertz CT molecular complexity index is 662. The molecule has 2 rings (SSSR count). The number of carboxylic acids is 1. The molecule has 1 N–H and O–H groups in total. The maximum Gasteiger partial charge on any atom is 0.416 e. The summed E-state index contributed by atoms with van der Waals surface area (Å²) in [6, 6.07) is 6.53. The molecule has 0 aliphatic carbocycles. The van der Waals surface area contributed by atoms with Crippen molar-refractivity contribution < 1.29 is 27.5 Å². The minimum atomic E-state index is -4.38. The summed E-state index contributed by atoms with van der Waals surface area (Å²) in [5, 5.41) is 8.86. The van der Waals surface area contributed by atoms with Gasteiger partial charge in [-0.25, -0.2) is 4.79 Å². The van der Waals surface area contributed by atoms with E-state index in [1.54, 1.807) is 19.1 Å². The van der Waals surface area contributed by atoms with E-state index in [9.17, 15) is 18.0 Å². The molecule has 0 fully saturated rings. The standard InChI is InChI=1S/C14H11F3O3S/c1-8-5-10(20-12(8)13(18)19)7-21-11-4-2-3-9(6-11)14(15,16)17/h2-6H,7H2,1H3,(H,18,19). The molecule has 1 aromatic heterocycles. The molecule has 0 saturated carbocycles. The molecule has 0 radical (unpaired) electrons.